The molecule has 0 aliphatic heterocycles. The van der Waals surface area contributed by atoms with Gasteiger partial charge in [0, 0.05) is 0 Å². The quantitative estimate of drug-likeness (QED) is 0.564. The number of ether oxygens (including phenoxy) is 3. The molecule has 0 spiro atoms. The number of amides is 1. The van der Waals surface area contributed by atoms with Crippen LogP contribution in [0, 0.1) is 5.92 Å². The van der Waals surface area contributed by atoms with Crippen LogP contribution in [-0.4, -0.2) is 32.2 Å². The highest BCUT2D eigenvalue weighted by molar-refractivity contribution is 5.80. The summed E-state index contributed by atoms with van der Waals surface area (Å²) in [6.45, 7) is 4.20. The summed E-state index contributed by atoms with van der Waals surface area (Å²) < 4.78 is 22.0. The zero-order valence-electron chi connectivity index (χ0n) is 18.0. The number of nitrogens with one attached hydrogen (secondary N) is 1. The summed E-state index contributed by atoms with van der Waals surface area (Å²) in [5, 5.41) is 3.07. The minimum Gasteiger partial charge on any atom is -0.493 e. The Kier molecular flexibility index (Phi) is 6.82. The molecular weight excluding hydrogens is 384 g/mol. The lowest BCUT2D eigenvalue weighted by molar-refractivity contribution is -0.121. The van der Waals surface area contributed by atoms with Gasteiger partial charge in [0.05, 0.1) is 27.8 Å². The molecule has 0 bridgehead atoms. The Morgan fingerprint density at radius 1 is 1.07 bits per heavy atom. The van der Waals surface area contributed by atoms with Crippen LogP contribution in [0.5, 0.6) is 17.2 Å². The van der Waals surface area contributed by atoms with Crippen molar-refractivity contribution in [1.82, 2.24) is 10.3 Å². The smallest absolute Gasteiger partial charge is 0.225 e. The van der Waals surface area contributed by atoms with Crippen LogP contribution in [0.4, 0.5) is 0 Å². The van der Waals surface area contributed by atoms with E-state index in [1.54, 1.807) is 33.5 Å². The summed E-state index contributed by atoms with van der Waals surface area (Å²) in [6, 6.07) is 10.8. The molecule has 1 atom stereocenters. The van der Waals surface area contributed by atoms with Crippen LogP contribution < -0.4 is 19.5 Å². The number of fused-ring (bicyclic) bond motifs is 1. The van der Waals surface area contributed by atoms with E-state index in [0.29, 0.717) is 41.1 Å². The van der Waals surface area contributed by atoms with E-state index in [-0.39, 0.29) is 18.4 Å². The zero-order valence-corrected chi connectivity index (χ0v) is 18.0. The van der Waals surface area contributed by atoms with Gasteiger partial charge in [0.25, 0.3) is 0 Å². The third-order valence-electron chi connectivity index (χ3n) is 4.74. The second-order valence-corrected chi connectivity index (χ2v) is 7.48. The first-order valence-electron chi connectivity index (χ1n) is 9.88. The van der Waals surface area contributed by atoms with Crippen molar-refractivity contribution in [3.05, 3.63) is 47.9 Å². The maximum absolute atomic E-state index is 12.9. The molecule has 30 heavy (non-hydrogen) atoms. The van der Waals surface area contributed by atoms with Gasteiger partial charge >= 0.3 is 0 Å². The van der Waals surface area contributed by atoms with Crippen LogP contribution >= 0.6 is 0 Å². The SMILES string of the molecule is COc1cc(CC(=O)N[C@H](CC(C)C)c2nc3ccccc3o2)cc(OC)c1OC. The molecule has 1 aromatic heterocycles. The molecule has 0 radical (unpaired) electrons. The van der Waals surface area contributed by atoms with Crippen LogP contribution in [0.25, 0.3) is 11.1 Å². The van der Waals surface area contributed by atoms with Crippen LogP contribution in [0.2, 0.25) is 0 Å². The largest absolute Gasteiger partial charge is 0.493 e. The number of benzene rings is 2. The number of rotatable bonds is 9. The number of carbonyl (C=O) groups excluding carboxylic acids is 1. The van der Waals surface area contributed by atoms with E-state index in [0.717, 1.165) is 11.1 Å². The zero-order chi connectivity index (χ0) is 21.7. The molecule has 3 rings (SSSR count). The van der Waals surface area contributed by atoms with Gasteiger partial charge in [-0.2, -0.15) is 0 Å². The Labute approximate surface area is 176 Å². The fraction of sp³-hybridized carbons (Fsp3) is 0.391. The molecule has 2 aromatic carbocycles. The first-order chi connectivity index (χ1) is 14.4. The summed E-state index contributed by atoms with van der Waals surface area (Å²) in [5.74, 6) is 2.25. The van der Waals surface area contributed by atoms with Gasteiger partial charge < -0.3 is 23.9 Å². The molecule has 160 valence electrons. The van der Waals surface area contributed by atoms with Crippen molar-refractivity contribution < 1.29 is 23.4 Å². The van der Waals surface area contributed by atoms with Gasteiger partial charge in [0.1, 0.15) is 11.6 Å². The molecule has 1 amide bonds. The molecule has 7 heteroatoms. The van der Waals surface area contributed by atoms with Crippen LogP contribution in [0.15, 0.2) is 40.8 Å². The molecule has 0 fully saturated rings. The van der Waals surface area contributed by atoms with Crippen molar-refractivity contribution in [2.45, 2.75) is 32.7 Å². The van der Waals surface area contributed by atoms with Crippen LogP contribution in [0.1, 0.15) is 37.8 Å². The van der Waals surface area contributed by atoms with Crippen molar-refractivity contribution in [3.63, 3.8) is 0 Å². The number of aromatic nitrogens is 1. The summed E-state index contributed by atoms with van der Waals surface area (Å²) in [7, 11) is 4.64. The van der Waals surface area contributed by atoms with Gasteiger partial charge in [-0.25, -0.2) is 4.98 Å². The Morgan fingerprint density at radius 2 is 1.73 bits per heavy atom. The molecule has 0 saturated heterocycles. The Balaban J connectivity index is 1.81. The second-order valence-electron chi connectivity index (χ2n) is 7.48. The van der Waals surface area contributed by atoms with Crippen molar-refractivity contribution in [2.24, 2.45) is 5.92 Å². The number of carbonyl (C=O) groups is 1. The highest BCUT2D eigenvalue weighted by atomic mass is 16.5. The van der Waals surface area contributed by atoms with Gasteiger partial charge in [-0.1, -0.05) is 26.0 Å². The van der Waals surface area contributed by atoms with E-state index in [1.807, 2.05) is 24.3 Å². The number of methoxy groups -OCH3 is 3. The van der Waals surface area contributed by atoms with Gasteiger partial charge in [0.15, 0.2) is 17.1 Å². The first-order valence-corrected chi connectivity index (χ1v) is 9.88. The molecule has 0 aliphatic carbocycles. The third kappa shape index (κ3) is 4.84. The first kappa shape index (κ1) is 21.5. The predicted molar refractivity (Wildman–Crippen MR) is 114 cm³/mol. The highest BCUT2D eigenvalue weighted by Crippen LogP contribution is 2.38. The third-order valence-corrected chi connectivity index (χ3v) is 4.74. The summed E-state index contributed by atoms with van der Waals surface area (Å²) >= 11 is 0. The molecule has 1 heterocycles. The summed E-state index contributed by atoms with van der Waals surface area (Å²) in [5.41, 5.74) is 2.24. The number of oxazole rings is 1. The average molecular weight is 412 g/mol. The average Bonchev–Trinajstić information content (AvgIpc) is 3.16. The van der Waals surface area contributed by atoms with Gasteiger partial charge in [-0.15, -0.1) is 0 Å². The molecule has 0 aliphatic rings. The Bertz CT molecular complexity index is 954. The minimum absolute atomic E-state index is 0.142. The maximum atomic E-state index is 12.9. The monoisotopic (exact) mass is 412 g/mol. The second kappa shape index (κ2) is 9.52. The summed E-state index contributed by atoms with van der Waals surface area (Å²) in [4.78, 5) is 17.4. The lowest BCUT2D eigenvalue weighted by atomic mass is 10.0. The van der Waals surface area contributed by atoms with E-state index in [4.69, 9.17) is 18.6 Å². The molecule has 7 nitrogen and oxygen atoms in total. The number of para-hydroxylation sites is 2. The lowest BCUT2D eigenvalue weighted by Crippen LogP contribution is -2.31. The van der Waals surface area contributed by atoms with Crippen molar-refractivity contribution in [2.75, 3.05) is 21.3 Å². The Morgan fingerprint density at radius 3 is 2.30 bits per heavy atom. The molecule has 1 N–H and O–H groups in total. The van der Waals surface area contributed by atoms with Crippen molar-refractivity contribution >= 4 is 17.0 Å². The molecule has 0 saturated carbocycles. The van der Waals surface area contributed by atoms with E-state index in [2.05, 4.69) is 24.1 Å². The molecular formula is C23H28N2O5. The van der Waals surface area contributed by atoms with E-state index in [9.17, 15) is 4.79 Å². The number of nitrogens with zero attached hydrogens (tertiary/aromatic N) is 1. The van der Waals surface area contributed by atoms with E-state index >= 15 is 0 Å². The van der Waals surface area contributed by atoms with Crippen molar-refractivity contribution in [1.29, 1.82) is 0 Å². The van der Waals surface area contributed by atoms with Crippen LogP contribution in [0.3, 0.4) is 0 Å². The topological polar surface area (TPSA) is 82.8 Å². The van der Waals surface area contributed by atoms with E-state index in [1.165, 1.54) is 0 Å². The molecule has 3 aromatic rings. The van der Waals surface area contributed by atoms with Gasteiger partial charge in [-0.3, -0.25) is 4.79 Å². The lowest BCUT2D eigenvalue weighted by Gasteiger charge is -2.18. The van der Waals surface area contributed by atoms with Crippen molar-refractivity contribution in [3.8, 4) is 17.2 Å². The van der Waals surface area contributed by atoms with Crippen LogP contribution in [-0.2, 0) is 11.2 Å². The standard InChI is InChI=1S/C23H28N2O5/c1-14(2)10-17(23-25-16-8-6-7-9-18(16)30-23)24-21(26)13-15-11-19(27-3)22(29-5)20(12-15)28-4/h6-9,11-12,14,17H,10,13H2,1-5H3,(H,24,26)/t17-/m1/s1. The fourth-order valence-electron chi connectivity index (χ4n) is 3.40. The highest BCUT2D eigenvalue weighted by Gasteiger charge is 2.22. The predicted octanol–water partition coefficient (Wildman–Crippen LogP) is 4.30. The fourth-order valence-corrected chi connectivity index (χ4v) is 3.40. The van der Waals surface area contributed by atoms with Gasteiger partial charge in [-0.05, 0) is 42.2 Å². The molecule has 0 unspecified atom stereocenters. The van der Waals surface area contributed by atoms with Gasteiger partial charge in [0.2, 0.25) is 17.5 Å². The maximum Gasteiger partial charge on any atom is 0.225 e. The number of hydrogen-bond donors (Lipinski definition) is 1. The number of hydrogen-bond acceptors (Lipinski definition) is 6. The normalized spacial score (nSPS) is 12.1. The Hall–Kier alpha value is -3.22. The summed E-state index contributed by atoms with van der Waals surface area (Å²) in [6.07, 6.45) is 0.874. The van der Waals surface area contributed by atoms with E-state index < -0.39 is 0 Å². The minimum atomic E-state index is -0.313.